The molecule has 0 aliphatic heterocycles. The minimum atomic E-state index is 0.127. The van der Waals surface area contributed by atoms with Crippen molar-refractivity contribution < 1.29 is 0 Å². The van der Waals surface area contributed by atoms with Gasteiger partial charge in [0.05, 0.1) is 0 Å². The highest BCUT2D eigenvalue weighted by Crippen LogP contribution is 2.30. The number of rotatable bonds is 3. The van der Waals surface area contributed by atoms with Crippen LogP contribution < -0.4 is 0 Å². The summed E-state index contributed by atoms with van der Waals surface area (Å²) in [6.07, 6.45) is 3.15. The first-order valence-electron chi connectivity index (χ1n) is 3.37. The first-order valence-corrected chi connectivity index (χ1v) is 4.16. The number of alkyl halides is 1. The third-order valence-corrected chi connectivity index (χ3v) is 3.08. The lowest BCUT2D eigenvalue weighted by Crippen LogP contribution is -2.21. The van der Waals surface area contributed by atoms with E-state index in [2.05, 4.69) is 43.3 Å². The SMILES string of the molecule is C=CC(C)(Br)[C@H](C)CC. The van der Waals surface area contributed by atoms with Crippen LogP contribution >= 0.6 is 15.9 Å². The van der Waals surface area contributed by atoms with Gasteiger partial charge in [0, 0.05) is 4.32 Å². The lowest BCUT2D eigenvalue weighted by molar-refractivity contribution is 0.492. The molecule has 0 bridgehead atoms. The third-order valence-electron chi connectivity index (χ3n) is 1.98. The molecule has 0 aromatic heterocycles. The lowest BCUT2D eigenvalue weighted by Gasteiger charge is -2.24. The monoisotopic (exact) mass is 190 g/mol. The molecule has 0 rings (SSSR count). The van der Waals surface area contributed by atoms with Gasteiger partial charge in [-0.25, -0.2) is 0 Å². The van der Waals surface area contributed by atoms with Gasteiger partial charge in [-0.3, -0.25) is 0 Å². The van der Waals surface area contributed by atoms with Crippen LogP contribution in [0.15, 0.2) is 12.7 Å². The highest BCUT2D eigenvalue weighted by molar-refractivity contribution is 9.10. The Morgan fingerprint density at radius 1 is 1.78 bits per heavy atom. The van der Waals surface area contributed by atoms with Crippen LogP contribution in [0.4, 0.5) is 0 Å². The number of hydrogen-bond donors (Lipinski definition) is 0. The second-order valence-corrected chi connectivity index (χ2v) is 4.37. The van der Waals surface area contributed by atoms with Gasteiger partial charge in [0.2, 0.25) is 0 Å². The fraction of sp³-hybridized carbons (Fsp3) is 0.750. The van der Waals surface area contributed by atoms with Gasteiger partial charge in [-0.15, -0.1) is 6.58 Å². The molecule has 1 heteroatoms. The molecule has 0 saturated carbocycles. The van der Waals surface area contributed by atoms with Crippen molar-refractivity contribution >= 4 is 15.9 Å². The van der Waals surface area contributed by atoms with Crippen LogP contribution in [0.3, 0.4) is 0 Å². The lowest BCUT2D eigenvalue weighted by atomic mass is 9.94. The van der Waals surface area contributed by atoms with E-state index < -0.39 is 0 Å². The van der Waals surface area contributed by atoms with Gasteiger partial charge in [0.1, 0.15) is 0 Å². The maximum Gasteiger partial charge on any atom is 0.0431 e. The van der Waals surface area contributed by atoms with Crippen LogP contribution in [0.1, 0.15) is 27.2 Å². The second-order valence-electron chi connectivity index (χ2n) is 2.66. The van der Waals surface area contributed by atoms with Crippen LogP contribution in [-0.4, -0.2) is 4.32 Å². The summed E-state index contributed by atoms with van der Waals surface area (Å²) in [4.78, 5) is 0. The molecule has 0 saturated heterocycles. The summed E-state index contributed by atoms with van der Waals surface area (Å²) in [6, 6.07) is 0. The summed E-state index contributed by atoms with van der Waals surface area (Å²) < 4.78 is 0.127. The van der Waals surface area contributed by atoms with E-state index in [0.29, 0.717) is 5.92 Å². The number of hydrogen-bond acceptors (Lipinski definition) is 0. The molecule has 1 unspecified atom stereocenters. The molecular weight excluding hydrogens is 176 g/mol. The van der Waals surface area contributed by atoms with Crippen LogP contribution in [0.25, 0.3) is 0 Å². The van der Waals surface area contributed by atoms with Crippen molar-refractivity contribution in [1.29, 1.82) is 0 Å². The number of halogens is 1. The van der Waals surface area contributed by atoms with Gasteiger partial charge in [-0.05, 0) is 12.8 Å². The van der Waals surface area contributed by atoms with Crippen LogP contribution in [-0.2, 0) is 0 Å². The van der Waals surface area contributed by atoms with Gasteiger partial charge in [-0.2, -0.15) is 0 Å². The molecule has 0 amide bonds. The van der Waals surface area contributed by atoms with E-state index in [1.165, 1.54) is 6.42 Å². The molecule has 0 fully saturated rings. The molecule has 9 heavy (non-hydrogen) atoms. The highest BCUT2D eigenvalue weighted by Gasteiger charge is 2.21. The summed E-state index contributed by atoms with van der Waals surface area (Å²) in [6.45, 7) is 10.3. The van der Waals surface area contributed by atoms with E-state index in [1.54, 1.807) is 0 Å². The molecular formula is C8H15Br. The number of allylic oxidation sites excluding steroid dienone is 1. The van der Waals surface area contributed by atoms with Crippen LogP contribution in [0.2, 0.25) is 0 Å². The topological polar surface area (TPSA) is 0 Å². The summed E-state index contributed by atoms with van der Waals surface area (Å²) in [5.41, 5.74) is 0. The maximum absolute atomic E-state index is 3.75. The minimum Gasteiger partial charge on any atom is -0.102 e. The van der Waals surface area contributed by atoms with Crippen molar-refractivity contribution in [2.24, 2.45) is 5.92 Å². The Hall–Kier alpha value is 0.220. The molecule has 0 spiro atoms. The predicted octanol–water partition coefficient (Wildman–Crippen LogP) is 3.37. The summed E-state index contributed by atoms with van der Waals surface area (Å²) in [5, 5.41) is 0. The third kappa shape index (κ3) is 2.53. The standard InChI is InChI=1S/C8H15Br/c1-5-7(3)8(4,9)6-2/h6-7H,2,5H2,1,3-4H3/t7-,8?/m1/s1. The normalized spacial score (nSPS) is 20.4. The van der Waals surface area contributed by atoms with Crippen LogP contribution in [0.5, 0.6) is 0 Å². The van der Waals surface area contributed by atoms with E-state index in [0.717, 1.165) is 0 Å². The zero-order chi connectivity index (χ0) is 7.49. The van der Waals surface area contributed by atoms with E-state index >= 15 is 0 Å². The molecule has 0 N–H and O–H groups in total. The molecule has 0 radical (unpaired) electrons. The zero-order valence-electron chi connectivity index (χ0n) is 6.45. The molecule has 2 atom stereocenters. The average molecular weight is 191 g/mol. The zero-order valence-corrected chi connectivity index (χ0v) is 8.03. The Bertz CT molecular complexity index is 94.7. The quantitative estimate of drug-likeness (QED) is 0.473. The molecule has 0 heterocycles. The Morgan fingerprint density at radius 2 is 2.22 bits per heavy atom. The molecule has 0 aromatic rings. The molecule has 0 aromatic carbocycles. The van der Waals surface area contributed by atoms with E-state index in [-0.39, 0.29) is 4.32 Å². The molecule has 0 aliphatic rings. The minimum absolute atomic E-state index is 0.127. The Kier molecular flexibility index (Phi) is 3.49. The highest BCUT2D eigenvalue weighted by atomic mass is 79.9. The maximum atomic E-state index is 3.75. The summed E-state index contributed by atoms with van der Waals surface area (Å²) >= 11 is 3.59. The molecule has 0 nitrogen and oxygen atoms in total. The summed E-state index contributed by atoms with van der Waals surface area (Å²) in [7, 11) is 0. The first kappa shape index (κ1) is 9.22. The van der Waals surface area contributed by atoms with Crippen molar-refractivity contribution in [1.82, 2.24) is 0 Å². The van der Waals surface area contributed by atoms with Crippen molar-refractivity contribution in [2.45, 2.75) is 31.5 Å². The van der Waals surface area contributed by atoms with Gasteiger partial charge in [0.25, 0.3) is 0 Å². The van der Waals surface area contributed by atoms with Gasteiger partial charge in [-0.1, -0.05) is 42.3 Å². The van der Waals surface area contributed by atoms with E-state index in [9.17, 15) is 0 Å². The van der Waals surface area contributed by atoms with Crippen molar-refractivity contribution in [3.8, 4) is 0 Å². The van der Waals surface area contributed by atoms with Crippen molar-refractivity contribution in [3.63, 3.8) is 0 Å². The van der Waals surface area contributed by atoms with Gasteiger partial charge >= 0.3 is 0 Å². The van der Waals surface area contributed by atoms with Gasteiger partial charge in [0.15, 0.2) is 0 Å². The van der Waals surface area contributed by atoms with Crippen molar-refractivity contribution in [2.75, 3.05) is 0 Å². The van der Waals surface area contributed by atoms with E-state index in [1.807, 2.05) is 6.08 Å². The fourth-order valence-electron chi connectivity index (χ4n) is 0.600. The van der Waals surface area contributed by atoms with Gasteiger partial charge < -0.3 is 0 Å². The first-order chi connectivity index (χ1) is 4.04. The van der Waals surface area contributed by atoms with E-state index in [4.69, 9.17) is 0 Å². The average Bonchev–Trinajstić information content (AvgIpc) is 1.86. The Balaban J connectivity index is 3.95. The smallest absolute Gasteiger partial charge is 0.0431 e. The Morgan fingerprint density at radius 3 is 2.33 bits per heavy atom. The van der Waals surface area contributed by atoms with Crippen LogP contribution in [0, 0.1) is 5.92 Å². The molecule has 54 valence electrons. The fourth-order valence-corrected chi connectivity index (χ4v) is 0.924. The van der Waals surface area contributed by atoms with Crippen molar-refractivity contribution in [3.05, 3.63) is 12.7 Å². The molecule has 0 aliphatic carbocycles. The Labute approximate surface area is 66.5 Å². The summed E-state index contributed by atoms with van der Waals surface area (Å²) in [5.74, 6) is 0.662. The second kappa shape index (κ2) is 3.40. The predicted molar refractivity (Wildman–Crippen MR) is 47.0 cm³/mol. The largest absolute Gasteiger partial charge is 0.102 e.